The molecule has 9 rings (SSSR count). The van der Waals surface area contributed by atoms with E-state index in [4.69, 9.17) is 4.74 Å². The van der Waals surface area contributed by atoms with Crippen LogP contribution >= 0.6 is 0 Å². The number of phenolic OH excluding ortho intramolecular Hbond substituents is 1. The minimum absolute atomic E-state index is 0.0267. The Hall–Kier alpha value is -4.80. The van der Waals surface area contributed by atoms with Gasteiger partial charge in [0, 0.05) is 62.8 Å². The van der Waals surface area contributed by atoms with Crippen LogP contribution in [0.1, 0.15) is 61.1 Å². The molecular weight excluding hydrogens is 693 g/mol. The maximum absolute atomic E-state index is 14.7. The maximum atomic E-state index is 14.7. The van der Waals surface area contributed by atoms with Gasteiger partial charge >= 0.3 is 0 Å². The van der Waals surface area contributed by atoms with Gasteiger partial charge in [0.2, 0.25) is 23.6 Å². The monoisotopic (exact) mass is 742 g/mol. The van der Waals surface area contributed by atoms with Crippen molar-refractivity contribution in [2.24, 2.45) is 29.6 Å². The third-order valence-electron chi connectivity index (χ3n) is 13.6. The summed E-state index contributed by atoms with van der Waals surface area (Å²) in [6, 6.07) is 25.4. The van der Waals surface area contributed by atoms with E-state index in [1.54, 1.807) is 35.1 Å². The van der Waals surface area contributed by atoms with Gasteiger partial charge < -0.3 is 9.84 Å². The summed E-state index contributed by atoms with van der Waals surface area (Å²) in [5.74, 6) is -3.48. The van der Waals surface area contributed by atoms with Crippen LogP contribution in [0.25, 0.3) is 0 Å². The van der Waals surface area contributed by atoms with Gasteiger partial charge in [-0.05, 0) is 73.8 Å². The molecular formula is C45H50N4O6. The highest BCUT2D eigenvalue weighted by Gasteiger charge is 2.63. The number of rotatable bonds is 8. The summed E-state index contributed by atoms with van der Waals surface area (Å²) in [6.45, 7) is 4.83. The topological polar surface area (TPSA) is 111 Å². The normalized spacial score (nSPS) is 29.3. The highest BCUT2D eigenvalue weighted by atomic mass is 16.5. The van der Waals surface area contributed by atoms with Crippen LogP contribution < -0.4 is 4.74 Å². The molecule has 4 saturated heterocycles. The van der Waals surface area contributed by atoms with E-state index in [1.165, 1.54) is 11.1 Å². The van der Waals surface area contributed by atoms with Crippen molar-refractivity contribution in [3.8, 4) is 11.5 Å². The molecule has 55 heavy (non-hydrogen) atoms. The molecule has 3 aromatic rings. The van der Waals surface area contributed by atoms with E-state index in [-0.39, 0.29) is 47.4 Å². The van der Waals surface area contributed by atoms with Gasteiger partial charge in [-0.15, -0.1) is 0 Å². The van der Waals surface area contributed by atoms with Crippen molar-refractivity contribution in [3.05, 3.63) is 107 Å². The van der Waals surface area contributed by atoms with Crippen LogP contribution in [0.2, 0.25) is 0 Å². The second kappa shape index (κ2) is 14.7. The van der Waals surface area contributed by atoms with Crippen molar-refractivity contribution in [2.75, 3.05) is 33.3 Å². The van der Waals surface area contributed by atoms with E-state index in [9.17, 15) is 24.3 Å². The molecule has 6 aliphatic rings. The number of fused-ring (bicyclic) bond motifs is 4. The lowest BCUT2D eigenvalue weighted by molar-refractivity contribution is -0.146. The van der Waals surface area contributed by atoms with E-state index < -0.39 is 29.6 Å². The van der Waals surface area contributed by atoms with Crippen molar-refractivity contribution >= 4 is 23.6 Å². The van der Waals surface area contributed by atoms with Gasteiger partial charge in [0.15, 0.2) is 0 Å². The first-order valence-corrected chi connectivity index (χ1v) is 20.1. The lowest BCUT2D eigenvalue weighted by atomic mass is 9.57. The quantitative estimate of drug-likeness (QED) is 0.243. The predicted octanol–water partition coefficient (Wildman–Crippen LogP) is 5.37. The smallest absolute Gasteiger partial charge is 0.234 e. The molecule has 1 saturated carbocycles. The number of ether oxygens (including phenoxy) is 1. The van der Waals surface area contributed by atoms with Crippen molar-refractivity contribution in [1.29, 1.82) is 0 Å². The third kappa shape index (κ3) is 6.37. The minimum Gasteiger partial charge on any atom is -0.508 e. The van der Waals surface area contributed by atoms with E-state index in [0.29, 0.717) is 37.0 Å². The number of methoxy groups -OCH3 is 1. The molecule has 5 fully saturated rings. The molecule has 1 N–H and O–H groups in total. The summed E-state index contributed by atoms with van der Waals surface area (Å²) in [4.78, 5) is 66.0. The van der Waals surface area contributed by atoms with Crippen molar-refractivity contribution < 1.29 is 29.0 Å². The maximum Gasteiger partial charge on any atom is 0.234 e. The van der Waals surface area contributed by atoms with Crippen LogP contribution in [0.15, 0.2) is 90.5 Å². The second-order valence-electron chi connectivity index (χ2n) is 16.5. The van der Waals surface area contributed by atoms with Crippen LogP contribution in [0, 0.1) is 29.6 Å². The standard InChI is InChI=1S/C45H50N4O6/c1-55-32-12-15-38(50)36(24-32)39-33-13-14-34-40(44(53)48(42(34)51)30-16-20-46(21-17-30)26-28-8-4-2-5-9-28)35(33)25-37-41(39)45(54)49(43(37)52)31-18-22-47(23-19-31)27-29-10-6-3-7-11-29/h2-13,15,24,30-31,34-35,37,39-41,50H,14,16-23,25-27H2,1H3/t34-,35+,37+,39+,40-,41+/m0/s1. The summed E-state index contributed by atoms with van der Waals surface area (Å²) in [5.41, 5.74) is 3.91. The molecule has 4 amide bonds. The lowest BCUT2D eigenvalue weighted by Gasteiger charge is -2.44. The van der Waals surface area contributed by atoms with Crippen LogP contribution in [0.4, 0.5) is 0 Å². The molecule has 3 aromatic carbocycles. The Labute approximate surface area is 322 Å². The Morgan fingerprint density at radius 2 is 1.16 bits per heavy atom. The number of amides is 4. The number of likely N-dealkylation sites (tertiary alicyclic amines) is 4. The number of allylic oxidation sites excluding steroid dienone is 2. The first-order chi connectivity index (χ1) is 26.8. The average molecular weight is 743 g/mol. The molecule has 2 aliphatic carbocycles. The summed E-state index contributed by atoms with van der Waals surface area (Å²) in [5, 5.41) is 11.4. The number of imide groups is 2. The number of hydrogen-bond donors (Lipinski definition) is 1. The van der Waals surface area contributed by atoms with Gasteiger partial charge in [0.05, 0.1) is 30.8 Å². The molecule has 0 aromatic heterocycles. The number of hydrogen-bond acceptors (Lipinski definition) is 8. The first-order valence-electron chi connectivity index (χ1n) is 20.1. The molecule has 6 atom stereocenters. The van der Waals surface area contributed by atoms with Gasteiger partial charge in [-0.2, -0.15) is 0 Å². The number of carbonyl (C=O) groups excluding carboxylic acids is 4. The third-order valence-corrected chi connectivity index (χ3v) is 13.6. The van der Waals surface area contributed by atoms with Crippen molar-refractivity contribution in [3.63, 3.8) is 0 Å². The van der Waals surface area contributed by atoms with Crippen LogP contribution in [-0.4, -0.2) is 93.7 Å². The van der Waals surface area contributed by atoms with Gasteiger partial charge in [-0.3, -0.25) is 38.8 Å². The van der Waals surface area contributed by atoms with Crippen molar-refractivity contribution in [1.82, 2.24) is 19.6 Å². The summed E-state index contributed by atoms with van der Waals surface area (Å²) in [7, 11) is 1.56. The van der Waals surface area contributed by atoms with Crippen LogP contribution in [-0.2, 0) is 32.3 Å². The molecule has 0 spiro atoms. The van der Waals surface area contributed by atoms with E-state index in [0.717, 1.165) is 57.7 Å². The summed E-state index contributed by atoms with van der Waals surface area (Å²) in [6.07, 6.45) is 5.65. The first kappa shape index (κ1) is 35.9. The fourth-order valence-corrected chi connectivity index (χ4v) is 11.0. The number of phenols is 1. The van der Waals surface area contributed by atoms with E-state index in [2.05, 4.69) is 40.1 Å². The number of benzene rings is 3. The van der Waals surface area contributed by atoms with E-state index in [1.807, 2.05) is 36.4 Å². The van der Waals surface area contributed by atoms with E-state index >= 15 is 0 Å². The fourth-order valence-electron chi connectivity index (χ4n) is 11.0. The fraction of sp³-hybridized carbons (Fsp3) is 0.467. The SMILES string of the molecule is COc1ccc(O)c([C@H]2C3=CC[C@@H]4C(=O)N(C5CCN(Cc6ccccc6)CC5)C(=O)[C@@H]4[C@@H]3C[C@H]3C(=O)N(C4CCN(Cc5ccccc5)CC4)C(=O)[C@@H]23)c1. The largest absolute Gasteiger partial charge is 0.508 e. The second-order valence-corrected chi connectivity index (χ2v) is 16.5. The predicted molar refractivity (Wildman–Crippen MR) is 205 cm³/mol. The number of carbonyl (C=O) groups is 4. The van der Waals surface area contributed by atoms with Gasteiger partial charge in [-0.1, -0.05) is 72.3 Å². The van der Waals surface area contributed by atoms with Crippen LogP contribution in [0.5, 0.6) is 11.5 Å². The molecule has 0 radical (unpaired) electrons. The summed E-state index contributed by atoms with van der Waals surface area (Å²) >= 11 is 0. The Morgan fingerprint density at radius 1 is 0.636 bits per heavy atom. The molecule has 4 aliphatic heterocycles. The summed E-state index contributed by atoms with van der Waals surface area (Å²) < 4.78 is 5.58. The highest BCUT2D eigenvalue weighted by molar-refractivity contribution is 6.08. The molecule has 4 heterocycles. The molecule has 286 valence electrons. The minimum atomic E-state index is -0.704. The number of piperidine rings is 2. The Morgan fingerprint density at radius 3 is 1.71 bits per heavy atom. The zero-order valence-corrected chi connectivity index (χ0v) is 31.5. The number of aromatic hydroxyl groups is 1. The molecule has 0 unspecified atom stereocenters. The van der Waals surface area contributed by atoms with Crippen molar-refractivity contribution in [2.45, 2.75) is 69.6 Å². The molecule has 0 bridgehead atoms. The average Bonchev–Trinajstić information content (AvgIpc) is 3.62. The number of nitrogens with zero attached hydrogens (tertiary/aromatic N) is 4. The Kier molecular flexibility index (Phi) is 9.58. The highest BCUT2D eigenvalue weighted by Crippen LogP contribution is 2.59. The Balaban J connectivity index is 0.978. The zero-order chi connectivity index (χ0) is 37.8. The molecule has 10 nitrogen and oxygen atoms in total. The van der Waals surface area contributed by atoms with Crippen LogP contribution in [0.3, 0.4) is 0 Å². The molecule has 10 heteroatoms. The lowest BCUT2D eigenvalue weighted by Crippen LogP contribution is -2.48. The zero-order valence-electron chi connectivity index (χ0n) is 31.5. The van der Waals surface area contributed by atoms with Gasteiger partial charge in [0.25, 0.3) is 0 Å². The van der Waals surface area contributed by atoms with Gasteiger partial charge in [0.1, 0.15) is 11.5 Å². The van der Waals surface area contributed by atoms with Gasteiger partial charge in [-0.25, -0.2) is 0 Å². The Bertz CT molecular complexity index is 1990.